The minimum absolute atomic E-state index is 1.07. The minimum Gasteiger partial charge on any atom is -0.302 e. The summed E-state index contributed by atoms with van der Waals surface area (Å²) in [4.78, 5) is 2.34. The van der Waals surface area contributed by atoms with E-state index in [4.69, 9.17) is 0 Å². The summed E-state index contributed by atoms with van der Waals surface area (Å²) in [5.41, 5.74) is 5.81. The number of rotatable bonds is 4. The Labute approximate surface area is 108 Å². The summed E-state index contributed by atoms with van der Waals surface area (Å²) in [6, 6.07) is 4.69. The summed E-state index contributed by atoms with van der Waals surface area (Å²) in [6.45, 7) is 15.0. The van der Waals surface area contributed by atoms with Crippen molar-refractivity contribution in [2.24, 2.45) is 0 Å². The van der Waals surface area contributed by atoms with Crippen molar-refractivity contribution >= 4 is 0 Å². The molecule has 0 amide bonds. The molecule has 0 unspecified atom stereocenters. The quantitative estimate of drug-likeness (QED) is 0.750. The Kier molecular flexibility index (Phi) is 7.90. The van der Waals surface area contributed by atoms with Crippen molar-refractivity contribution in [3.63, 3.8) is 0 Å². The molecule has 0 aliphatic carbocycles. The van der Waals surface area contributed by atoms with Gasteiger partial charge in [-0.1, -0.05) is 39.8 Å². The van der Waals surface area contributed by atoms with Gasteiger partial charge in [-0.15, -0.1) is 0 Å². The second-order valence-electron chi connectivity index (χ2n) is 4.39. The fourth-order valence-corrected chi connectivity index (χ4v) is 1.90. The van der Waals surface area contributed by atoms with E-state index in [9.17, 15) is 0 Å². The van der Waals surface area contributed by atoms with Crippen molar-refractivity contribution in [1.29, 1.82) is 0 Å². The van der Waals surface area contributed by atoms with Crippen LogP contribution in [0, 0.1) is 13.8 Å². The van der Waals surface area contributed by atoms with E-state index in [1.807, 2.05) is 13.8 Å². The van der Waals surface area contributed by atoms with E-state index in [2.05, 4.69) is 51.8 Å². The second-order valence-corrected chi connectivity index (χ2v) is 4.39. The van der Waals surface area contributed by atoms with Crippen molar-refractivity contribution in [2.75, 3.05) is 13.6 Å². The SMILES string of the molecule is CC.CCc1cc(CN(C)CC)c(C)cc1C. The summed E-state index contributed by atoms with van der Waals surface area (Å²) in [6.07, 6.45) is 1.13. The molecule has 0 saturated carbocycles. The fourth-order valence-electron chi connectivity index (χ4n) is 1.90. The molecule has 0 aromatic heterocycles. The molecule has 17 heavy (non-hydrogen) atoms. The summed E-state index contributed by atoms with van der Waals surface area (Å²) < 4.78 is 0. The molecule has 1 rings (SSSR count). The van der Waals surface area contributed by atoms with Gasteiger partial charge < -0.3 is 4.90 Å². The third-order valence-electron chi connectivity index (χ3n) is 3.16. The Balaban J connectivity index is 0.00000121. The van der Waals surface area contributed by atoms with E-state index in [0.717, 1.165) is 19.5 Å². The Morgan fingerprint density at radius 3 is 1.94 bits per heavy atom. The molecule has 0 fully saturated rings. The standard InChI is InChI=1S/C14H23N.C2H6/c1-6-13-9-14(10-15(5)7-2)12(4)8-11(13)3;1-2/h8-9H,6-7,10H2,1-5H3;1-2H3. The molecule has 0 N–H and O–H groups in total. The first kappa shape index (κ1) is 16.2. The second kappa shape index (κ2) is 8.30. The van der Waals surface area contributed by atoms with Crippen molar-refractivity contribution in [3.8, 4) is 0 Å². The fraction of sp³-hybridized carbons (Fsp3) is 0.625. The smallest absolute Gasteiger partial charge is 0.0233 e. The van der Waals surface area contributed by atoms with E-state index in [-0.39, 0.29) is 0 Å². The van der Waals surface area contributed by atoms with E-state index in [1.54, 1.807) is 0 Å². The van der Waals surface area contributed by atoms with Crippen LogP contribution in [0.1, 0.15) is 49.9 Å². The minimum atomic E-state index is 1.07. The first-order valence-electron chi connectivity index (χ1n) is 6.86. The van der Waals surface area contributed by atoms with Crippen LogP contribution >= 0.6 is 0 Å². The lowest BCUT2D eigenvalue weighted by Gasteiger charge is -2.17. The number of hydrogen-bond donors (Lipinski definition) is 0. The number of nitrogens with zero attached hydrogens (tertiary/aromatic N) is 1. The lowest BCUT2D eigenvalue weighted by Crippen LogP contribution is -2.17. The van der Waals surface area contributed by atoms with Gasteiger partial charge in [0.25, 0.3) is 0 Å². The van der Waals surface area contributed by atoms with Crippen LogP contribution in [0.4, 0.5) is 0 Å². The third kappa shape index (κ3) is 4.91. The maximum Gasteiger partial charge on any atom is 0.0233 e. The molecule has 0 aliphatic heterocycles. The highest BCUT2D eigenvalue weighted by Crippen LogP contribution is 2.17. The van der Waals surface area contributed by atoms with E-state index in [0.29, 0.717) is 0 Å². The maximum absolute atomic E-state index is 2.37. The molecule has 1 aromatic rings. The molecule has 0 radical (unpaired) electrons. The van der Waals surface area contributed by atoms with E-state index < -0.39 is 0 Å². The Morgan fingerprint density at radius 1 is 0.941 bits per heavy atom. The lowest BCUT2D eigenvalue weighted by molar-refractivity contribution is 0.345. The molecule has 0 saturated heterocycles. The zero-order chi connectivity index (χ0) is 13.4. The predicted molar refractivity (Wildman–Crippen MR) is 78.7 cm³/mol. The summed E-state index contributed by atoms with van der Waals surface area (Å²) in [5.74, 6) is 0. The van der Waals surface area contributed by atoms with Crippen LogP contribution in [0.3, 0.4) is 0 Å². The van der Waals surface area contributed by atoms with E-state index >= 15 is 0 Å². The highest BCUT2D eigenvalue weighted by atomic mass is 15.1. The van der Waals surface area contributed by atoms with Gasteiger partial charge in [-0.25, -0.2) is 0 Å². The zero-order valence-electron chi connectivity index (χ0n) is 12.7. The van der Waals surface area contributed by atoms with Gasteiger partial charge in [-0.3, -0.25) is 0 Å². The Morgan fingerprint density at radius 2 is 1.47 bits per heavy atom. The van der Waals surface area contributed by atoms with Gasteiger partial charge in [0.15, 0.2) is 0 Å². The van der Waals surface area contributed by atoms with Crippen LogP contribution in [-0.4, -0.2) is 18.5 Å². The molecule has 0 spiro atoms. The normalized spacial score (nSPS) is 10.1. The van der Waals surface area contributed by atoms with Crippen LogP contribution in [0.5, 0.6) is 0 Å². The highest BCUT2D eigenvalue weighted by molar-refractivity contribution is 5.37. The molecule has 0 atom stereocenters. The molecule has 1 nitrogen and oxygen atoms in total. The van der Waals surface area contributed by atoms with E-state index in [1.165, 1.54) is 22.3 Å². The van der Waals surface area contributed by atoms with Crippen molar-refractivity contribution < 1.29 is 0 Å². The van der Waals surface area contributed by atoms with Gasteiger partial charge in [0, 0.05) is 6.54 Å². The van der Waals surface area contributed by atoms with Gasteiger partial charge in [0.1, 0.15) is 0 Å². The van der Waals surface area contributed by atoms with Crippen molar-refractivity contribution in [1.82, 2.24) is 4.90 Å². The van der Waals surface area contributed by atoms with Crippen LogP contribution in [0.25, 0.3) is 0 Å². The lowest BCUT2D eigenvalue weighted by atomic mass is 9.98. The Hall–Kier alpha value is -0.820. The molecule has 0 bridgehead atoms. The molecule has 0 heterocycles. The molecule has 98 valence electrons. The first-order valence-corrected chi connectivity index (χ1v) is 6.86. The van der Waals surface area contributed by atoms with Crippen molar-refractivity contribution in [2.45, 2.75) is 54.5 Å². The van der Waals surface area contributed by atoms with Gasteiger partial charge in [0.05, 0.1) is 0 Å². The molecule has 1 heteroatoms. The summed E-state index contributed by atoms with van der Waals surface area (Å²) >= 11 is 0. The van der Waals surface area contributed by atoms with Crippen LogP contribution in [0.2, 0.25) is 0 Å². The average molecular weight is 235 g/mol. The summed E-state index contributed by atoms with van der Waals surface area (Å²) in [7, 11) is 2.17. The van der Waals surface area contributed by atoms with Crippen molar-refractivity contribution in [3.05, 3.63) is 34.4 Å². The molecular formula is C16H29N. The van der Waals surface area contributed by atoms with Gasteiger partial charge in [-0.05, 0) is 56.1 Å². The first-order chi connectivity index (χ1) is 8.08. The Bertz CT molecular complexity index is 329. The van der Waals surface area contributed by atoms with Crippen LogP contribution < -0.4 is 0 Å². The van der Waals surface area contributed by atoms with Crippen LogP contribution in [-0.2, 0) is 13.0 Å². The number of hydrogen-bond acceptors (Lipinski definition) is 1. The third-order valence-corrected chi connectivity index (χ3v) is 3.16. The zero-order valence-corrected chi connectivity index (χ0v) is 12.7. The predicted octanol–water partition coefficient (Wildman–Crippen LogP) is 4.34. The maximum atomic E-state index is 2.37. The largest absolute Gasteiger partial charge is 0.302 e. The van der Waals surface area contributed by atoms with Gasteiger partial charge in [-0.2, -0.15) is 0 Å². The average Bonchev–Trinajstić information content (AvgIpc) is 2.35. The molecule has 1 aromatic carbocycles. The summed E-state index contributed by atoms with van der Waals surface area (Å²) in [5, 5.41) is 0. The highest BCUT2D eigenvalue weighted by Gasteiger charge is 2.05. The van der Waals surface area contributed by atoms with Crippen LogP contribution in [0.15, 0.2) is 12.1 Å². The van der Waals surface area contributed by atoms with Gasteiger partial charge in [0.2, 0.25) is 0 Å². The monoisotopic (exact) mass is 235 g/mol. The molecular weight excluding hydrogens is 206 g/mol. The topological polar surface area (TPSA) is 3.24 Å². The van der Waals surface area contributed by atoms with Gasteiger partial charge >= 0.3 is 0 Å². The number of aryl methyl sites for hydroxylation is 3. The molecule has 0 aliphatic rings. The number of benzene rings is 1.